The number of para-hydroxylation sites is 1. The number of benzene rings is 1. The normalized spacial score (nSPS) is 11.9. The molecule has 0 aliphatic rings. The van der Waals surface area contributed by atoms with Crippen LogP contribution >= 0.6 is 0 Å². The summed E-state index contributed by atoms with van der Waals surface area (Å²) in [7, 11) is 1.59. The van der Waals surface area contributed by atoms with Crippen LogP contribution in [0.2, 0.25) is 0 Å². The minimum absolute atomic E-state index is 0.00407. The first kappa shape index (κ1) is 12.5. The lowest BCUT2D eigenvalue weighted by atomic mass is 10.0. The summed E-state index contributed by atoms with van der Waals surface area (Å²) in [6, 6.07) is 6.99. The third-order valence-corrected chi connectivity index (χ3v) is 2.39. The van der Waals surface area contributed by atoms with Gasteiger partial charge in [0.1, 0.15) is 5.75 Å². The first-order valence-corrected chi connectivity index (χ1v) is 5.20. The van der Waals surface area contributed by atoms with E-state index in [1.165, 1.54) is 0 Å². The summed E-state index contributed by atoms with van der Waals surface area (Å²) < 4.78 is 5.17. The topological polar surface area (TPSA) is 52.3 Å². The minimum Gasteiger partial charge on any atom is -0.496 e. The summed E-state index contributed by atoms with van der Waals surface area (Å²) in [5, 5.41) is 0. The Hall–Kier alpha value is -1.61. The summed E-state index contributed by atoms with van der Waals surface area (Å²) in [4.78, 5) is 11.7. The van der Waals surface area contributed by atoms with Gasteiger partial charge in [0.25, 0.3) is 0 Å². The number of methoxy groups -OCH3 is 1. The second-order valence-corrected chi connectivity index (χ2v) is 3.59. The van der Waals surface area contributed by atoms with Crippen LogP contribution in [0.5, 0.6) is 5.75 Å². The van der Waals surface area contributed by atoms with Crippen molar-refractivity contribution < 1.29 is 9.53 Å². The fourth-order valence-corrected chi connectivity index (χ4v) is 1.48. The van der Waals surface area contributed by atoms with Crippen molar-refractivity contribution in [1.82, 2.24) is 0 Å². The molecule has 0 aliphatic carbocycles. The molecular formula is C13H17NO2. The van der Waals surface area contributed by atoms with Crippen LogP contribution < -0.4 is 10.5 Å². The molecule has 0 fully saturated rings. The molecule has 0 bridgehead atoms. The average molecular weight is 219 g/mol. The first-order chi connectivity index (χ1) is 7.69. The molecule has 3 heteroatoms. The lowest BCUT2D eigenvalue weighted by molar-refractivity contribution is -0.119. The minimum atomic E-state index is -0.470. The highest BCUT2D eigenvalue weighted by atomic mass is 16.5. The van der Waals surface area contributed by atoms with E-state index in [2.05, 4.69) is 6.58 Å². The van der Waals surface area contributed by atoms with E-state index in [0.29, 0.717) is 12.8 Å². The molecule has 86 valence electrons. The van der Waals surface area contributed by atoms with Crippen molar-refractivity contribution in [3.05, 3.63) is 42.5 Å². The Morgan fingerprint density at radius 2 is 2.25 bits per heavy atom. The highest BCUT2D eigenvalue weighted by Gasteiger charge is 2.14. The third kappa shape index (κ3) is 3.21. The van der Waals surface area contributed by atoms with Crippen molar-refractivity contribution in [1.29, 1.82) is 0 Å². The second-order valence-electron chi connectivity index (χ2n) is 3.59. The molecule has 1 atom stereocenters. The SMILES string of the molecule is C=CCC(N)C(=O)Cc1ccccc1OC. The fraction of sp³-hybridized carbons (Fsp3) is 0.308. The van der Waals surface area contributed by atoms with Gasteiger partial charge in [0, 0.05) is 12.0 Å². The van der Waals surface area contributed by atoms with Gasteiger partial charge in [-0.1, -0.05) is 24.3 Å². The predicted molar refractivity (Wildman–Crippen MR) is 64.5 cm³/mol. The zero-order valence-electron chi connectivity index (χ0n) is 9.48. The van der Waals surface area contributed by atoms with Crippen LogP contribution in [0.3, 0.4) is 0 Å². The number of Topliss-reactive ketones (excluding diaryl/α,β-unsaturated/α-hetero) is 1. The molecule has 1 unspecified atom stereocenters. The number of hydrogen-bond donors (Lipinski definition) is 1. The first-order valence-electron chi connectivity index (χ1n) is 5.20. The maximum absolute atomic E-state index is 11.7. The zero-order chi connectivity index (χ0) is 12.0. The summed E-state index contributed by atoms with van der Waals surface area (Å²) in [6.07, 6.45) is 2.47. The molecule has 3 nitrogen and oxygen atoms in total. The smallest absolute Gasteiger partial charge is 0.154 e. The molecular weight excluding hydrogens is 202 g/mol. The second kappa shape index (κ2) is 6.08. The van der Waals surface area contributed by atoms with Gasteiger partial charge in [-0.05, 0) is 12.5 Å². The van der Waals surface area contributed by atoms with Gasteiger partial charge in [0.05, 0.1) is 13.2 Å². The highest BCUT2D eigenvalue weighted by molar-refractivity contribution is 5.86. The van der Waals surface area contributed by atoms with E-state index in [1.54, 1.807) is 13.2 Å². The molecule has 1 rings (SSSR count). The number of ketones is 1. The fourth-order valence-electron chi connectivity index (χ4n) is 1.48. The Balaban J connectivity index is 2.72. The molecule has 2 N–H and O–H groups in total. The highest BCUT2D eigenvalue weighted by Crippen LogP contribution is 2.18. The molecule has 0 aliphatic heterocycles. The summed E-state index contributed by atoms with van der Waals surface area (Å²) >= 11 is 0. The van der Waals surface area contributed by atoms with Gasteiger partial charge in [-0.2, -0.15) is 0 Å². The van der Waals surface area contributed by atoms with Crippen LogP contribution in [0.1, 0.15) is 12.0 Å². The number of hydrogen-bond acceptors (Lipinski definition) is 3. The van der Waals surface area contributed by atoms with Crippen molar-refractivity contribution in [2.24, 2.45) is 5.73 Å². The van der Waals surface area contributed by atoms with Crippen molar-refractivity contribution >= 4 is 5.78 Å². The number of nitrogens with two attached hydrogens (primary N) is 1. The Bertz CT molecular complexity index is 374. The molecule has 1 aromatic rings. The molecule has 0 spiro atoms. The lowest BCUT2D eigenvalue weighted by Crippen LogP contribution is -2.31. The van der Waals surface area contributed by atoms with Crippen LogP contribution in [-0.2, 0) is 11.2 Å². The van der Waals surface area contributed by atoms with E-state index in [1.807, 2.05) is 24.3 Å². The maximum atomic E-state index is 11.7. The van der Waals surface area contributed by atoms with Crippen LogP contribution in [0.25, 0.3) is 0 Å². The predicted octanol–water partition coefficient (Wildman–Crippen LogP) is 1.71. The van der Waals surface area contributed by atoms with E-state index in [-0.39, 0.29) is 5.78 Å². The number of ether oxygens (including phenoxy) is 1. The number of rotatable bonds is 6. The van der Waals surface area contributed by atoms with E-state index >= 15 is 0 Å². The van der Waals surface area contributed by atoms with Gasteiger partial charge in [-0.25, -0.2) is 0 Å². The summed E-state index contributed by atoms with van der Waals surface area (Å²) in [5.74, 6) is 0.728. The monoisotopic (exact) mass is 219 g/mol. The van der Waals surface area contributed by atoms with Gasteiger partial charge >= 0.3 is 0 Å². The van der Waals surface area contributed by atoms with Gasteiger partial charge in [-0.15, -0.1) is 6.58 Å². The Morgan fingerprint density at radius 3 is 2.88 bits per heavy atom. The maximum Gasteiger partial charge on any atom is 0.154 e. The summed E-state index contributed by atoms with van der Waals surface area (Å²) in [5.41, 5.74) is 6.58. The number of carbonyl (C=O) groups is 1. The quantitative estimate of drug-likeness (QED) is 0.741. The van der Waals surface area contributed by atoms with E-state index in [9.17, 15) is 4.79 Å². The van der Waals surface area contributed by atoms with Crippen LogP contribution in [0.15, 0.2) is 36.9 Å². The molecule has 0 saturated heterocycles. The molecule has 16 heavy (non-hydrogen) atoms. The van der Waals surface area contributed by atoms with Gasteiger partial charge in [0.2, 0.25) is 0 Å². The zero-order valence-corrected chi connectivity index (χ0v) is 9.48. The van der Waals surface area contributed by atoms with E-state index < -0.39 is 6.04 Å². The Labute approximate surface area is 95.9 Å². The van der Waals surface area contributed by atoms with Gasteiger partial charge in [0.15, 0.2) is 5.78 Å². The molecule has 0 aromatic heterocycles. The van der Waals surface area contributed by atoms with E-state index in [4.69, 9.17) is 10.5 Å². The van der Waals surface area contributed by atoms with Crippen LogP contribution in [0, 0.1) is 0 Å². The standard InChI is InChI=1S/C13H17NO2/c1-3-6-11(14)12(15)9-10-7-4-5-8-13(10)16-2/h3-5,7-8,11H,1,6,9,14H2,2H3. The number of carbonyl (C=O) groups excluding carboxylic acids is 1. The third-order valence-electron chi connectivity index (χ3n) is 2.39. The van der Waals surface area contributed by atoms with Crippen LogP contribution in [-0.4, -0.2) is 18.9 Å². The molecule has 1 aromatic carbocycles. The van der Waals surface area contributed by atoms with Gasteiger partial charge in [-0.3, -0.25) is 4.79 Å². The van der Waals surface area contributed by atoms with Crippen LogP contribution in [0.4, 0.5) is 0 Å². The molecule has 0 heterocycles. The lowest BCUT2D eigenvalue weighted by Gasteiger charge is -2.10. The Kier molecular flexibility index (Phi) is 4.73. The molecule has 0 saturated carbocycles. The molecule has 0 radical (unpaired) electrons. The van der Waals surface area contributed by atoms with Crippen molar-refractivity contribution in [2.45, 2.75) is 18.9 Å². The Morgan fingerprint density at radius 1 is 1.56 bits per heavy atom. The largest absolute Gasteiger partial charge is 0.496 e. The van der Waals surface area contributed by atoms with Crippen molar-refractivity contribution in [2.75, 3.05) is 7.11 Å². The summed E-state index contributed by atoms with van der Waals surface area (Å²) in [6.45, 7) is 3.57. The average Bonchev–Trinajstić information content (AvgIpc) is 2.30. The van der Waals surface area contributed by atoms with Crippen molar-refractivity contribution in [3.8, 4) is 5.75 Å². The van der Waals surface area contributed by atoms with Crippen molar-refractivity contribution in [3.63, 3.8) is 0 Å². The van der Waals surface area contributed by atoms with E-state index in [0.717, 1.165) is 11.3 Å². The molecule has 0 amide bonds. The van der Waals surface area contributed by atoms with Gasteiger partial charge < -0.3 is 10.5 Å².